The normalized spacial score (nSPS) is 15.9. The van der Waals surface area contributed by atoms with E-state index in [1.807, 2.05) is 42.5 Å². The summed E-state index contributed by atoms with van der Waals surface area (Å²) in [6.07, 6.45) is 4.03. The van der Waals surface area contributed by atoms with Crippen molar-refractivity contribution in [2.75, 3.05) is 26.7 Å². The lowest BCUT2D eigenvalue weighted by Crippen LogP contribution is -2.41. The van der Waals surface area contributed by atoms with Gasteiger partial charge < -0.3 is 10.1 Å². The molecule has 1 fully saturated rings. The molecular weight excluding hydrogens is 360 g/mol. The van der Waals surface area contributed by atoms with E-state index < -0.39 is 0 Å². The van der Waals surface area contributed by atoms with Gasteiger partial charge in [0.15, 0.2) is 0 Å². The van der Waals surface area contributed by atoms with Gasteiger partial charge in [-0.05, 0) is 49.7 Å². The Balaban J connectivity index is 1.69. The number of benzene rings is 2. The first kappa shape index (κ1) is 19.7. The van der Waals surface area contributed by atoms with E-state index in [9.17, 15) is 4.79 Å². The van der Waals surface area contributed by atoms with Crippen LogP contribution in [0.1, 0.15) is 36.4 Å². The van der Waals surface area contributed by atoms with Gasteiger partial charge in [0.05, 0.1) is 19.6 Å². The highest BCUT2D eigenvalue weighted by atomic mass is 35.5. The molecule has 1 heterocycles. The fourth-order valence-corrected chi connectivity index (χ4v) is 3.79. The first-order chi connectivity index (χ1) is 13.2. The zero-order valence-electron chi connectivity index (χ0n) is 15.8. The lowest BCUT2D eigenvalue weighted by molar-refractivity contribution is -0.120. The second-order valence-corrected chi connectivity index (χ2v) is 7.40. The Morgan fingerprint density at radius 1 is 1.11 bits per heavy atom. The third-order valence-corrected chi connectivity index (χ3v) is 5.35. The number of hydrogen-bond donors (Lipinski definition) is 1. The van der Waals surface area contributed by atoms with Crippen molar-refractivity contribution in [2.45, 2.75) is 31.7 Å². The Labute approximate surface area is 166 Å². The Morgan fingerprint density at radius 3 is 2.52 bits per heavy atom. The van der Waals surface area contributed by atoms with E-state index >= 15 is 0 Å². The van der Waals surface area contributed by atoms with E-state index in [0.29, 0.717) is 18.0 Å². The topological polar surface area (TPSA) is 41.6 Å². The van der Waals surface area contributed by atoms with E-state index in [1.54, 1.807) is 7.11 Å². The maximum absolute atomic E-state index is 12.5. The number of piperidine rings is 1. The van der Waals surface area contributed by atoms with Crippen LogP contribution in [0.2, 0.25) is 5.02 Å². The van der Waals surface area contributed by atoms with Gasteiger partial charge in [-0.15, -0.1) is 0 Å². The highest BCUT2D eigenvalue weighted by Gasteiger charge is 2.25. The number of rotatable bonds is 7. The van der Waals surface area contributed by atoms with Crippen LogP contribution >= 0.6 is 11.6 Å². The molecule has 0 radical (unpaired) electrons. The SMILES string of the molecule is COc1ccccc1C(CNC(=O)Cc1ccc(Cl)cc1)N1CCCCC1. The first-order valence-electron chi connectivity index (χ1n) is 9.55. The number of ether oxygens (including phenoxy) is 1. The smallest absolute Gasteiger partial charge is 0.224 e. The molecule has 1 saturated heterocycles. The van der Waals surface area contributed by atoms with Crippen LogP contribution in [-0.2, 0) is 11.2 Å². The van der Waals surface area contributed by atoms with Crippen molar-refractivity contribution in [2.24, 2.45) is 0 Å². The molecule has 5 heteroatoms. The second-order valence-electron chi connectivity index (χ2n) is 6.96. The predicted octanol–water partition coefficient (Wildman–Crippen LogP) is 4.23. The number of halogens is 1. The number of carbonyl (C=O) groups excluding carboxylic acids is 1. The van der Waals surface area contributed by atoms with Gasteiger partial charge in [0.25, 0.3) is 0 Å². The highest BCUT2D eigenvalue weighted by Crippen LogP contribution is 2.30. The number of nitrogens with one attached hydrogen (secondary N) is 1. The zero-order valence-corrected chi connectivity index (χ0v) is 16.5. The molecule has 0 spiro atoms. The third-order valence-electron chi connectivity index (χ3n) is 5.10. The van der Waals surface area contributed by atoms with Gasteiger partial charge in [0.2, 0.25) is 5.91 Å². The molecule has 3 rings (SSSR count). The van der Waals surface area contributed by atoms with Crippen molar-refractivity contribution in [3.63, 3.8) is 0 Å². The van der Waals surface area contributed by atoms with Crippen molar-refractivity contribution in [3.05, 3.63) is 64.7 Å². The van der Waals surface area contributed by atoms with Crippen molar-refractivity contribution in [1.29, 1.82) is 0 Å². The quantitative estimate of drug-likeness (QED) is 0.774. The number of nitrogens with zero attached hydrogens (tertiary/aromatic N) is 1. The van der Waals surface area contributed by atoms with Gasteiger partial charge in [-0.3, -0.25) is 9.69 Å². The molecule has 0 saturated carbocycles. The molecule has 0 aliphatic carbocycles. The van der Waals surface area contributed by atoms with Crippen molar-refractivity contribution >= 4 is 17.5 Å². The van der Waals surface area contributed by atoms with Crippen LogP contribution in [0.4, 0.5) is 0 Å². The van der Waals surface area contributed by atoms with Gasteiger partial charge in [-0.25, -0.2) is 0 Å². The van der Waals surface area contributed by atoms with Crippen molar-refractivity contribution in [3.8, 4) is 5.75 Å². The standard InChI is InChI=1S/C22H27ClN2O2/c1-27-21-8-4-3-7-19(21)20(25-13-5-2-6-14-25)16-24-22(26)15-17-9-11-18(23)12-10-17/h3-4,7-12,20H,2,5-6,13-16H2,1H3,(H,24,26). The van der Waals surface area contributed by atoms with Gasteiger partial charge in [0, 0.05) is 17.1 Å². The lowest BCUT2D eigenvalue weighted by Gasteiger charge is -2.35. The molecular formula is C22H27ClN2O2. The minimum absolute atomic E-state index is 0.0224. The molecule has 1 unspecified atom stereocenters. The molecule has 4 nitrogen and oxygen atoms in total. The van der Waals surface area contributed by atoms with E-state index in [0.717, 1.165) is 30.0 Å². The van der Waals surface area contributed by atoms with Crippen LogP contribution in [-0.4, -0.2) is 37.6 Å². The highest BCUT2D eigenvalue weighted by molar-refractivity contribution is 6.30. The van der Waals surface area contributed by atoms with Crippen LogP contribution in [0, 0.1) is 0 Å². The average Bonchev–Trinajstić information content (AvgIpc) is 2.71. The minimum atomic E-state index is 0.0224. The van der Waals surface area contributed by atoms with Crippen molar-refractivity contribution in [1.82, 2.24) is 10.2 Å². The van der Waals surface area contributed by atoms with Gasteiger partial charge >= 0.3 is 0 Å². The summed E-state index contributed by atoms with van der Waals surface area (Å²) in [6.45, 7) is 2.68. The predicted molar refractivity (Wildman–Crippen MR) is 109 cm³/mol. The second kappa shape index (κ2) is 9.77. The number of methoxy groups -OCH3 is 1. The summed E-state index contributed by atoms with van der Waals surface area (Å²) in [6, 6.07) is 15.6. The Kier molecular flexibility index (Phi) is 7.13. The molecule has 1 N–H and O–H groups in total. The summed E-state index contributed by atoms with van der Waals surface area (Å²) in [4.78, 5) is 14.9. The van der Waals surface area contributed by atoms with E-state index in [2.05, 4.69) is 16.3 Å². The van der Waals surface area contributed by atoms with Crippen molar-refractivity contribution < 1.29 is 9.53 Å². The molecule has 27 heavy (non-hydrogen) atoms. The molecule has 1 atom stereocenters. The fraction of sp³-hybridized carbons (Fsp3) is 0.409. The van der Waals surface area contributed by atoms with Crippen LogP contribution in [0.25, 0.3) is 0 Å². The van der Waals surface area contributed by atoms with Crippen LogP contribution in [0.3, 0.4) is 0 Å². The van der Waals surface area contributed by atoms with Crippen LogP contribution < -0.4 is 10.1 Å². The fourth-order valence-electron chi connectivity index (χ4n) is 3.67. The summed E-state index contributed by atoms with van der Waals surface area (Å²) in [5.74, 6) is 0.897. The maximum Gasteiger partial charge on any atom is 0.224 e. The monoisotopic (exact) mass is 386 g/mol. The summed E-state index contributed by atoms with van der Waals surface area (Å²) < 4.78 is 5.58. The maximum atomic E-state index is 12.5. The average molecular weight is 387 g/mol. The van der Waals surface area contributed by atoms with E-state index in [4.69, 9.17) is 16.3 Å². The van der Waals surface area contributed by atoms with Crippen LogP contribution in [0.15, 0.2) is 48.5 Å². The lowest BCUT2D eigenvalue weighted by atomic mass is 10.0. The molecule has 1 aliphatic heterocycles. The van der Waals surface area contributed by atoms with Crippen LogP contribution in [0.5, 0.6) is 5.75 Å². The van der Waals surface area contributed by atoms with Gasteiger partial charge in [-0.1, -0.05) is 48.4 Å². The Hall–Kier alpha value is -2.04. The first-order valence-corrected chi connectivity index (χ1v) is 9.93. The minimum Gasteiger partial charge on any atom is -0.496 e. The molecule has 2 aromatic carbocycles. The molecule has 1 aliphatic rings. The Bertz CT molecular complexity index is 742. The summed E-state index contributed by atoms with van der Waals surface area (Å²) in [7, 11) is 1.70. The molecule has 144 valence electrons. The Morgan fingerprint density at radius 2 is 1.81 bits per heavy atom. The van der Waals surface area contributed by atoms with Gasteiger partial charge in [-0.2, -0.15) is 0 Å². The largest absolute Gasteiger partial charge is 0.496 e. The summed E-state index contributed by atoms with van der Waals surface area (Å²) in [5, 5.41) is 3.80. The van der Waals surface area contributed by atoms with E-state index in [-0.39, 0.29) is 11.9 Å². The number of para-hydroxylation sites is 1. The third kappa shape index (κ3) is 5.47. The number of hydrogen-bond acceptors (Lipinski definition) is 3. The summed E-state index contributed by atoms with van der Waals surface area (Å²) >= 11 is 5.92. The summed E-state index contributed by atoms with van der Waals surface area (Å²) in [5.41, 5.74) is 2.09. The molecule has 1 amide bonds. The number of likely N-dealkylation sites (tertiary alicyclic amines) is 1. The van der Waals surface area contributed by atoms with E-state index in [1.165, 1.54) is 19.3 Å². The molecule has 2 aromatic rings. The number of amides is 1. The zero-order chi connectivity index (χ0) is 19.1. The van der Waals surface area contributed by atoms with Gasteiger partial charge in [0.1, 0.15) is 5.75 Å². The molecule has 0 bridgehead atoms. The molecule has 0 aromatic heterocycles. The number of carbonyl (C=O) groups is 1.